The zero-order chi connectivity index (χ0) is 36.6. The lowest BCUT2D eigenvalue weighted by Crippen LogP contribution is -2.12. The van der Waals surface area contributed by atoms with Gasteiger partial charge in [0, 0.05) is 51.3 Å². The predicted octanol–water partition coefficient (Wildman–Crippen LogP) is 12.7. The van der Waals surface area contributed by atoms with Crippen molar-refractivity contribution < 1.29 is 13.9 Å². The van der Waals surface area contributed by atoms with Crippen molar-refractivity contribution in [2.45, 2.75) is 52.7 Å². The van der Waals surface area contributed by atoms with Gasteiger partial charge in [0.05, 0.1) is 12.2 Å². The van der Waals surface area contributed by atoms with Crippen LogP contribution in [-0.2, 0) is 0 Å². The summed E-state index contributed by atoms with van der Waals surface area (Å²) in [5.41, 5.74) is 7.90. The van der Waals surface area contributed by atoms with Crippen LogP contribution in [0.5, 0.6) is 11.5 Å². The minimum atomic E-state index is 0.0603. The smallest absolute Gasteiger partial charge is 0.248 e. The molecule has 7 heteroatoms. The van der Waals surface area contributed by atoms with E-state index in [9.17, 15) is 0 Å². The van der Waals surface area contributed by atoms with Crippen molar-refractivity contribution in [2.75, 3.05) is 9.80 Å². The van der Waals surface area contributed by atoms with Crippen molar-refractivity contribution in [1.82, 2.24) is 10.2 Å². The Balaban J connectivity index is 1.18. The molecule has 7 aromatic rings. The van der Waals surface area contributed by atoms with E-state index < -0.39 is 0 Å². The van der Waals surface area contributed by atoms with Crippen LogP contribution in [0.15, 0.2) is 162 Å². The Labute approximate surface area is 312 Å². The average molecular weight is 701 g/mol. The van der Waals surface area contributed by atoms with Crippen LogP contribution in [0.3, 0.4) is 0 Å². The third kappa shape index (κ3) is 8.26. The van der Waals surface area contributed by atoms with Gasteiger partial charge in [-0.1, -0.05) is 68.4 Å². The molecule has 0 aliphatic heterocycles. The summed E-state index contributed by atoms with van der Waals surface area (Å²) in [5, 5.41) is 8.85. The molecule has 0 amide bonds. The second-order valence-corrected chi connectivity index (χ2v) is 13.0. The van der Waals surface area contributed by atoms with Crippen molar-refractivity contribution in [3.05, 3.63) is 158 Å². The van der Waals surface area contributed by atoms with E-state index in [0.29, 0.717) is 23.3 Å². The van der Waals surface area contributed by atoms with Gasteiger partial charge < -0.3 is 23.7 Å². The molecule has 0 aliphatic carbocycles. The zero-order valence-corrected chi connectivity index (χ0v) is 30.6. The molecule has 0 fully saturated rings. The minimum absolute atomic E-state index is 0.0603. The fraction of sp³-hybridized carbons (Fsp3) is 0.174. The van der Waals surface area contributed by atoms with Crippen LogP contribution in [0, 0.1) is 0 Å². The van der Waals surface area contributed by atoms with Crippen LogP contribution in [0.2, 0.25) is 0 Å². The van der Waals surface area contributed by atoms with E-state index in [1.54, 1.807) is 0 Å². The Hall–Kier alpha value is -6.34. The summed E-state index contributed by atoms with van der Waals surface area (Å²) in [5.74, 6) is 2.25. The molecule has 0 aliphatic rings. The first-order valence-corrected chi connectivity index (χ1v) is 18.3. The summed E-state index contributed by atoms with van der Waals surface area (Å²) in [7, 11) is 0. The van der Waals surface area contributed by atoms with E-state index in [0.717, 1.165) is 58.1 Å². The maximum absolute atomic E-state index is 6.25. The molecule has 0 saturated carbocycles. The maximum atomic E-state index is 6.25. The quantitative estimate of drug-likeness (QED) is 0.112. The molecule has 0 spiro atoms. The van der Waals surface area contributed by atoms with E-state index in [-0.39, 0.29) is 12.2 Å². The summed E-state index contributed by atoms with van der Waals surface area (Å²) in [6.45, 7) is 8.30. The Morgan fingerprint density at radius 3 is 1.17 bits per heavy atom. The number of anilines is 6. The van der Waals surface area contributed by atoms with Crippen molar-refractivity contribution in [1.29, 1.82) is 0 Å². The van der Waals surface area contributed by atoms with Crippen LogP contribution < -0.4 is 19.3 Å². The van der Waals surface area contributed by atoms with Crippen molar-refractivity contribution in [3.8, 4) is 34.4 Å². The highest BCUT2D eigenvalue weighted by Crippen LogP contribution is 2.40. The van der Waals surface area contributed by atoms with Gasteiger partial charge in [0.2, 0.25) is 11.8 Å². The highest BCUT2D eigenvalue weighted by molar-refractivity contribution is 5.81. The number of para-hydroxylation sites is 3. The molecule has 0 saturated heterocycles. The highest BCUT2D eigenvalue weighted by Gasteiger charge is 2.18. The van der Waals surface area contributed by atoms with Gasteiger partial charge in [0.1, 0.15) is 11.5 Å². The van der Waals surface area contributed by atoms with E-state index >= 15 is 0 Å². The third-order valence-electron chi connectivity index (χ3n) is 9.16. The van der Waals surface area contributed by atoms with E-state index in [1.807, 2.05) is 48.5 Å². The molecule has 266 valence electrons. The number of ether oxygens (including phenoxy) is 2. The lowest BCUT2D eigenvalue weighted by molar-refractivity contribution is 0.205. The summed E-state index contributed by atoms with van der Waals surface area (Å²) in [4.78, 5) is 4.50. The molecule has 0 N–H and O–H groups in total. The highest BCUT2D eigenvalue weighted by atomic mass is 16.5. The Morgan fingerprint density at radius 2 is 0.792 bits per heavy atom. The van der Waals surface area contributed by atoms with Crippen LogP contribution in [0.1, 0.15) is 40.5 Å². The monoisotopic (exact) mass is 700 g/mol. The van der Waals surface area contributed by atoms with Gasteiger partial charge in [-0.15, -0.1) is 10.2 Å². The second-order valence-electron chi connectivity index (χ2n) is 13.0. The topological polar surface area (TPSA) is 63.9 Å². The molecule has 1 aromatic heterocycles. The molecule has 2 atom stereocenters. The van der Waals surface area contributed by atoms with Crippen LogP contribution in [0.4, 0.5) is 34.1 Å². The molecule has 7 nitrogen and oxygen atoms in total. The molecule has 0 radical (unpaired) electrons. The van der Waals surface area contributed by atoms with Gasteiger partial charge in [-0.2, -0.15) is 0 Å². The lowest BCUT2D eigenvalue weighted by atomic mass is 10.1. The second kappa shape index (κ2) is 16.3. The predicted molar refractivity (Wildman–Crippen MR) is 215 cm³/mol. The molecule has 6 aromatic carbocycles. The maximum Gasteiger partial charge on any atom is 0.248 e. The fourth-order valence-corrected chi connectivity index (χ4v) is 6.05. The first-order valence-electron chi connectivity index (χ1n) is 18.3. The van der Waals surface area contributed by atoms with Gasteiger partial charge in [-0.25, -0.2) is 0 Å². The van der Waals surface area contributed by atoms with Gasteiger partial charge in [-0.3, -0.25) is 0 Å². The van der Waals surface area contributed by atoms with Crippen molar-refractivity contribution in [2.24, 2.45) is 0 Å². The van der Waals surface area contributed by atoms with Gasteiger partial charge in [0.15, 0.2) is 0 Å². The van der Waals surface area contributed by atoms with E-state index in [4.69, 9.17) is 13.9 Å². The summed E-state index contributed by atoms with van der Waals surface area (Å²) < 4.78 is 18.6. The summed E-state index contributed by atoms with van der Waals surface area (Å²) >= 11 is 0. The van der Waals surface area contributed by atoms with E-state index in [1.165, 1.54) is 0 Å². The Bertz CT molecular complexity index is 2120. The number of nitrogens with zero attached hydrogens (tertiary/aromatic N) is 4. The molecular weight excluding hydrogens is 657 g/mol. The summed E-state index contributed by atoms with van der Waals surface area (Å²) in [6, 6.07) is 53.9. The molecule has 2 unspecified atom stereocenters. The van der Waals surface area contributed by atoms with Crippen LogP contribution in [-0.4, -0.2) is 22.4 Å². The Morgan fingerprint density at radius 1 is 0.453 bits per heavy atom. The number of hydrogen-bond acceptors (Lipinski definition) is 7. The minimum Gasteiger partial charge on any atom is -0.491 e. The largest absolute Gasteiger partial charge is 0.491 e. The number of aromatic nitrogens is 2. The first kappa shape index (κ1) is 35.1. The van der Waals surface area contributed by atoms with Gasteiger partial charge in [-0.05, 0) is 124 Å². The Kier molecular flexibility index (Phi) is 10.8. The SMILES string of the molecule is CCC(C)Oc1cc(OC(C)CC)cc(-c2nnc(-c3ccc(N(c4ccccc4)c4ccc(N(c5ccccc5)c5ccccc5)cc4)cc3)o2)c1. The first-order chi connectivity index (χ1) is 26.0. The molecule has 1 heterocycles. The van der Waals surface area contributed by atoms with E-state index in [2.05, 4.69) is 157 Å². The van der Waals surface area contributed by atoms with Crippen molar-refractivity contribution in [3.63, 3.8) is 0 Å². The number of hydrogen-bond donors (Lipinski definition) is 0. The van der Waals surface area contributed by atoms with Crippen LogP contribution >= 0.6 is 0 Å². The number of rotatable bonds is 14. The standard InChI is InChI=1S/C46H44N4O3/c1-5-33(3)51-43-30-36(31-44(32-43)52-34(4)6-2)46-48-47-45(53-46)35-22-24-40(25-23-35)50(39-20-14-9-15-21-39)42-28-26-41(27-29-42)49(37-16-10-7-11-17-37)38-18-12-8-13-19-38/h7-34H,5-6H2,1-4H3. The van der Waals surface area contributed by atoms with Gasteiger partial charge >= 0.3 is 0 Å². The van der Waals surface area contributed by atoms with Gasteiger partial charge in [0.25, 0.3) is 0 Å². The number of benzene rings is 6. The summed E-state index contributed by atoms with van der Waals surface area (Å²) in [6.07, 6.45) is 1.90. The lowest BCUT2D eigenvalue weighted by Gasteiger charge is -2.28. The molecular formula is C46H44N4O3. The fourth-order valence-electron chi connectivity index (χ4n) is 6.05. The third-order valence-corrected chi connectivity index (χ3v) is 9.16. The van der Waals surface area contributed by atoms with Crippen molar-refractivity contribution >= 4 is 34.1 Å². The average Bonchev–Trinajstić information content (AvgIpc) is 3.71. The van der Waals surface area contributed by atoms with Crippen LogP contribution in [0.25, 0.3) is 22.9 Å². The molecule has 7 rings (SSSR count). The normalized spacial score (nSPS) is 12.2. The molecule has 53 heavy (non-hydrogen) atoms. The zero-order valence-electron chi connectivity index (χ0n) is 30.6. The molecule has 0 bridgehead atoms.